The maximum Gasteiger partial charge on any atom is 0.469 e. The molecule has 0 rings (SSSR count). The molecule has 2 atom stereocenters. The van der Waals surface area contributed by atoms with Crippen molar-refractivity contribution in [2.75, 3.05) is 13.2 Å². The van der Waals surface area contributed by atoms with Gasteiger partial charge in [0.15, 0.2) is 6.10 Å². The number of aliphatic hydroxyl groups is 1. The van der Waals surface area contributed by atoms with E-state index in [0.29, 0.717) is 6.42 Å². The summed E-state index contributed by atoms with van der Waals surface area (Å²) in [6, 6.07) is 0. The molecular weight excluding hydrogens is 739 g/mol. The monoisotopic (exact) mass is 819 g/mol. The molecule has 0 aliphatic rings. The van der Waals surface area contributed by atoms with Crippen molar-refractivity contribution in [1.29, 1.82) is 0 Å². The van der Waals surface area contributed by atoms with Crippen molar-refractivity contribution in [2.24, 2.45) is 0 Å². The van der Waals surface area contributed by atoms with Crippen molar-refractivity contribution >= 4 is 19.8 Å². The number of hydrogen-bond acceptors (Lipinski definition) is 7. The van der Waals surface area contributed by atoms with E-state index in [9.17, 15) is 19.3 Å². The molecule has 0 saturated carbocycles. The fourth-order valence-electron chi connectivity index (χ4n) is 5.71. The number of ether oxygens (including phenoxy) is 2. The molecule has 0 aliphatic carbocycles. The van der Waals surface area contributed by atoms with Crippen LogP contribution in [0, 0.1) is 0 Å². The molecule has 0 aromatic heterocycles. The number of phosphoric ester groups is 1. The summed E-state index contributed by atoms with van der Waals surface area (Å²) < 4.78 is 26.3. The summed E-state index contributed by atoms with van der Waals surface area (Å²) >= 11 is 0. The highest BCUT2D eigenvalue weighted by molar-refractivity contribution is 7.46. The van der Waals surface area contributed by atoms with Gasteiger partial charge in [0.05, 0.1) is 12.7 Å². The Morgan fingerprint density at radius 2 is 1.05 bits per heavy atom. The lowest BCUT2D eigenvalue weighted by atomic mass is 10.1. The van der Waals surface area contributed by atoms with E-state index in [1.807, 2.05) is 12.2 Å². The third-order valence-electron chi connectivity index (χ3n) is 9.02. The van der Waals surface area contributed by atoms with Crippen LogP contribution in [-0.2, 0) is 28.2 Å². The molecule has 0 bridgehead atoms. The summed E-state index contributed by atoms with van der Waals surface area (Å²) in [6.45, 7) is 3.36. The molecule has 0 aromatic rings. The SMILES string of the molecule is CC/C=C\C/C=C\C/C=C\C/C=C\C/C=C\C=C/C(O)CCC(=O)OC[C@H](COP(=O)(O)O)OC(=O)CCCCCCCCCCC/C=C\CCCCCCCC. The molecule has 0 aliphatic heterocycles. The van der Waals surface area contributed by atoms with Crippen LogP contribution in [0.1, 0.15) is 174 Å². The number of hydrogen-bond donors (Lipinski definition) is 3. The quantitative estimate of drug-likeness (QED) is 0.0182. The van der Waals surface area contributed by atoms with Crippen LogP contribution in [0.15, 0.2) is 85.1 Å². The first-order chi connectivity index (χ1) is 27.7. The Bertz CT molecular complexity index is 1210. The molecule has 57 heavy (non-hydrogen) atoms. The van der Waals surface area contributed by atoms with Crippen molar-refractivity contribution in [3.63, 3.8) is 0 Å². The molecule has 0 spiro atoms. The van der Waals surface area contributed by atoms with Gasteiger partial charge >= 0.3 is 19.8 Å². The van der Waals surface area contributed by atoms with E-state index in [0.717, 1.165) is 51.4 Å². The fourth-order valence-corrected chi connectivity index (χ4v) is 6.07. The highest BCUT2D eigenvalue weighted by Gasteiger charge is 2.23. The van der Waals surface area contributed by atoms with Crippen LogP contribution in [0.5, 0.6) is 0 Å². The second-order valence-electron chi connectivity index (χ2n) is 14.5. The number of unbranched alkanes of at least 4 members (excludes halogenated alkanes) is 15. The number of carbonyl (C=O) groups is 2. The van der Waals surface area contributed by atoms with Gasteiger partial charge in [0, 0.05) is 12.8 Å². The molecule has 3 N–H and O–H groups in total. The Morgan fingerprint density at radius 1 is 0.561 bits per heavy atom. The van der Waals surface area contributed by atoms with Crippen molar-refractivity contribution in [1.82, 2.24) is 0 Å². The first kappa shape index (κ1) is 54.2. The van der Waals surface area contributed by atoms with Gasteiger partial charge in [0.25, 0.3) is 0 Å². The van der Waals surface area contributed by atoms with Gasteiger partial charge in [-0.2, -0.15) is 0 Å². The maximum absolute atomic E-state index is 12.4. The van der Waals surface area contributed by atoms with E-state index in [4.69, 9.17) is 19.3 Å². The third-order valence-corrected chi connectivity index (χ3v) is 9.50. The first-order valence-corrected chi connectivity index (χ1v) is 23.5. The summed E-state index contributed by atoms with van der Waals surface area (Å²) in [5.41, 5.74) is 0. The lowest BCUT2D eigenvalue weighted by Gasteiger charge is -2.18. The Kier molecular flexibility index (Phi) is 39.3. The Morgan fingerprint density at radius 3 is 1.58 bits per heavy atom. The van der Waals surface area contributed by atoms with Gasteiger partial charge in [-0.1, -0.05) is 176 Å². The topological polar surface area (TPSA) is 140 Å². The second-order valence-corrected chi connectivity index (χ2v) is 15.7. The summed E-state index contributed by atoms with van der Waals surface area (Å²) in [7, 11) is -4.82. The molecule has 0 heterocycles. The minimum atomic E-state index is -4.82. The van der Waals surface area contributed by atoms with Crippen molar-refractivity contribution in [3.8, 4) is 0 Å². The predicted molar refractivity (Wildman–Crippen MR) is 236 cm³/mol. The zero-order chi connectivity index (χ0) is 41.9. The minimum absolute atomic E-state index is 0.0894. The zero-order valence-electron chi connectivity index (χ0n) is 35.6. The molecule has 1 unspecified atom stereocenters. The molecule has 9 nitrogen and oxygen atoms in total. The number of esters is 2. The van der Waals surface area contributed by atoms with E-state index in [-0.39, 0.29) is 19.3 Å². The van der Waals surface area contributed by atoms with Crippen LogP contribution < -0.4 is 0 Å². The van der Waals surface area contributed by atoms with Gasteiger partial charge in [0.2, 0.25) is 0 Å². The molecule has 0 aromatic carbocycles. The Balaban J connectivity index is 4.13. The summed E-state index contributed by atoms with van der Waals surface area (Å²) in [5.74, 6) is -1.17. The van der Waals surface area contributed by atoms with Gasteiger partial charge in [-0.25, -0.2) is 4.57 Å². The van der Waals surface area contributed by atoms with Gasteiger partial charge in [-0.05, 0) is 70.6 Å². The Labute approximate surface area is 346 Å². The van der Waals surface area contributed by atoms with Crippen molar-refractivity contribution < 1.29 is 43.0 Å². The molecule has 0 radical (unpaired) electrons. The minimum Gasteiger partial charge on any atom is -0.462 e. The molecule has 326 valence electrons. The van der Waals surface area contributed by atoms with Crippen molar-refractivity contribution in [3.05, 3.63) is 85.1 Å². The summed E-state index contributed by atoms with van der Waals surface area (Å²) in [4.78, 5) is 42.9. The number of allylic oxidation sites excluding steroid dienone is 13. The predicted octanol–water partition coefficient (Wildman–Crippen LogP) is 12.6. The summed E-state index contributed by atoms with van der Waals surface area (Å²) in [6.07, 6.45) is 52.1. The standard InChI is InChI=1S/C47H79O9P/c1-3-5-7-9-11-13-15-17-19-21-22-23-25-27-29-31-33-35-37-39-47(50)56-45(43-55-57(51,52)53)42-54-46(49)41-40-44(48)38-36-34-32-30-28-26-24-20-18-16-14-12-10-8-6-4-2/h6,8,12,14,17-20,26,28,32,34,36,38,44-45,48H,3-5,7,9-11,13,15-16,21-25,27,29-31,33,35,37,39-43H2,1-2H3,(H2,51,52,53)/b8-6-,14-12-,19-17-,20-18-,28-26-,34-32-,38-36-/t44?,45-/m1/s1. The molecule has 0 fully saturated rings. The van der Waals surface area contributed by atoms with Crippen LogP contribution in [0.25, 0.3) is 0 Å². The molecule has 0 amide bonds. The van der Waals surface area contributed by atoms with Gasteiger partial charge in [-0.15, -0.1) is 0 Å². The smallest absolute Gasteiger partial charge is 0.462 e. The van der Waals surface area contributed by atoms with Gasteiger partial charge in [-0.3, -0.25) is 14.1 Å². The van der Waals surface area contributed by atoms with Crippen LogP contribution >= 0.6 is 7.82 Å². The van der Waals surface area contributed by atoms with Crippen LogP contribution in [0.3, 0.4) is 0 Å². The highest BCUT2D eigenvalue weighted by atomic mass is 31.2. The van der Waals surface area contributed by atoms with E-state index < -0.39 is 45.2 Å². The highest BCUT2D eigenvalue weighted by Crippen LogP contribution is 2.36. The molecule has 0 saturated heterocycles. The number of carbonyl (C=O) groups excluding carboxylic acids is 2. The summed E-state index contributed by atoms with van der Waals surface area (Å²) in [5, 5.41) is 10.2. The lowest BCUT2D eigenvalue weighted by molar-refractivity contribution is -0.161. The normalized spacial score (nSPS) is 13.8. The van der Waals surface area contributed by atoms with Crippen LogP contribution in [0.2, 0.25) is 0 Å². The average Bonchev–Trinajstić information content (AvgIpc) is 3.18. The second kappa shape index (κ2) is 41.4. The van der Waals surface area contributed by atoms with E-state index in [1.165, 1.54) is 83.5 Å². The van der Waals surface area contributed by atoms with Gasteiger partial charge < -0.3 is 24.4 Å². The fraction of sp³-hybridized carbons (Fsp3) is 0.660. The van der Waals surface area contributed by atoms with E-state index in [2.05, 4.69) is 79.1 Å². The number of aliphatic hydroxyl groups excluding tert-OH is 1. The van der Waals surface area contributed by atoms with E-state index in [1.54, 1.807) is 12.2 Å². The zero-order valence-corrected chi connectivity index (χ0v) is 36.5. The molecular formula is C47H79O9P. The van der Waals surface area contributed by atoms with Crippen LogP contribution in [0.4, 0.5) is 0 Å². The average molecular weight is 819 g/mol. The first-order valence-electron chi connectivity index (χ1n) is 22.0. The number of rotatable bonds is 39. The Hall–Kier alpha value is -2.81. The van der Waals surface area contributed by atoms with Gasteiger partial charge in [0.1, 0.15) is 6.61 Å². The largest absolute Gasteiger partial charge is 0.469 e. The van der Waals surface area contributed by atoms with Crippen LogP contribution in [-0.4, -0.2) is 52.3 Å². The maximum atomic E-state index is 12.4. The van der Waals surface area contributed by atoms with Crippen molar-refractivity contribution in [2.45, 2.75) is 187 Å². The van der Waals surface area contributed by atoms with E-state index >= 15 is 0 Å². The molecule has 10 heteroatoms. The lowest BCUT2D eigenvalue weighted by Crippen LogP contribution is -2.29. The third kappa shape index (κ3) is 44.1. The number of phosphoric acid groups is 1.